The summed E-state index contributed by atoms with van der Waals surface area (Å²) in [5.74, 6) is 0.920. The molecule has 2 heterocycles. The van der Waals surface area contributed by atoms with E-state index in [2.05, 4.69) is 15.2 Å². The van der Waals surface area contributed by atoms with E-state index >= 15 is 0 Å². The van der Waals surface area contributed by atoms with Gasteiger partial charge in [-0.3, -0.25) is 10.1 Å². The van der Waals surface area contributed by atoms with Crippen molar-refractivity contribution in [3.63, 3.8) is 0 Å². The van der Waals surface area contributed by atoms with Crippen molar-refractivity contribution in [1.29, 1.82) is 0 Å². The minimum Gasteiger partial charge on any atom is -0.348 e. The lowest BCUT2D eigenvalue weighted by atomic mass is 9.79. The maximum absolute atomic E-state index is 10.9. The topological polar surface area (TPSA) is 71.3 Å². The van der Waals surface area contributed by atoms with Gasteiger partial charge in [0, 0.05) is 25.7 Å². The Balaban J connectivity index is 1.95. The van der Waals surface area contributed by atoms with Crippen LogP contribution in [0.2, 0.25) is 0 Å². The first-order valence-electron chi connectivity index (χ1n) is 7.72. The Labute approximate surface area is 124 Å². The molecule has 1 N–H and O–H groups in total. The van der Waals surface area contributed by atoms with Gasteiger partial charge in [0.2, 0.25) is 0 Å². The summed E-state index contributed by atoms with van der Waals surface area (Å²) in [7, 11) is 0. The molecular weight excluding hydrogens is 268 g/mol. The standard InChI is InChI=1S/C15H22N4O2/c1-12-9-13(19(20)21)10-17-14(12)18-8-7-16-11-15(18)5-3-2-4-6-15/h9-10,16H,2-8,11H2,1H3. The third-order valence-corrected chi connectivity index (χ3v) is 4.83. The summed E-state index contributed by atoms with van der Waals surface area (Å²) in [6, 6.07) is 1.64. The predicted molar refractivity (Wildman–Crippen MR) is 81.7 cm³/mol. The summed E-state index contributed by atoms with van der Waals surface area (Å²) in [5, 5.41) is 14.4. The molecule has 0 atom stereocenters. The number of aromatic nitrogens is 1. The highest BCUT2D eigenvalue weighted by molar-refractivity contribution is 5.53. The van der Waals surface area contributed by atoms with E-state index in [9.17, 15) is 10.1 Å². The van der Waals surface area contributed by atoms with Gasteiger partial charge >= 0.3 is 0 Å². The first-order chi connectivity index (χ1) is 10.1. The Morgan fingerprint density at radius 3 is 2.81 bits per heavy atom. The first kappa shape index (κ1) is 14.3. The summed E-state index contributed by atoms with van der Waals surface area (Å²) < 4.78 is 0. The molecule has 1 aliphatic heterocycles. The molecule has 6 nitrogen and oxygen atoms in total. The van der Waals surface area contributed by atoms with Crippen molar-refractivity contribution in [3.05, 3.63) is 27.9 Å². The van der Waals surface area contributed by atoms with Gasteiger partial charge in [-0.1, -0.05) is 19.3 Å². The summed E-state index contributed by atoms with van der Waals surface area (Å²) in [6.45, 7) is 4.78. The lowest BCUT2D eigenvalue weighted by molar-refractivity contribution is -0.385. The van der Waals surface area contributed by atoms with Crippen LogP contribution in [0.3, 0.4) is 0 Å². The smallest absolute Gasteiger partial charge is 0.287 e. The van der Waals surface area contributed by atoms with Crippen LogP contribution in [0.4, 0.5) is 11.5 Å². The third kappa shape index (κ3) is 2.60. The molecule has 21 heavy (non-hydrogen) atoms. The highest BCUT2D eigenvalue weighted by Gasteiger charge is 2.41. The van der Waals surface area contributed by atoms with Crippen LogP contribution in [-0.4, -0.2) is 35.1 Å². The normalized spacial score (nSPS) is 21.5. The Bertz CT molecular complexity index is 532. The SMILES string of the molecule is Cc1cc([N+](=O)[O-])cnc1N1CCNCC12CCCCC2. The van der Waals surface area contributed by atoms with E-state index in [1.54, 1.807) is 6.07 Å². The second kappa shape index (κ2) is 5.60. The lowest BCUT2D eigenvalue weighted by Crippen LogP contribution is -2.62. The van der Waals surface area contributed by atoms with Crippen molar-refractivity contribution < 1.29 is 4.92 Å². The fraction of sp³-hybridized carbons (Fsp3) is 0.667. The van der Waals surface area contributed by atoms with Crippen LogP contribution >= 0.6 is 0 Å². The molecule has 1 aromatic rings. The molecule has 1 spiro atoms. The highest BCUT2D eigenvalue weighted by atomic mass is 16.6. The van der Waals surface area contributed by atoms with Gasteiger partial charge in [0.1, 0.15) is 12.0 Å². The monoisotopic (exact) mass is 290 g/mol. The van der Waals surface area contributed by atoms with E-state index in [4.69, 9.17) is 0 Å². The van der Waals surface area contributed by atoms with Crippen molar-refractivity contribution in [2.75, 3.05) is 24.5 Å². The van der Waals surface area contributed by atoms with E-state index in [0.717, 1.165) is 31.0 Å². The van der Waals surface area contributed by atoms with Crippen molar-refractivity contribution in [2.45, 2.75) is 44.6 Å². The highest BCUT2D eigenvalue weighted by Crippen LogP contribution is 2.38. The molecule has 114 valence electrons. The fourth-order valence-corrected chi connectivity index (χ4v) is 3.77. The van der Waals surface area contributed by atoms with Gasteiger partial charge in [-0.15, -0.1) is 0 Å². The van der Waals surface area contributed by atoms with E-state index in [-0.39, 0.29) is 16.1 Å². The Hall–Kier alpha value is -1.69. The molecular formula is C15H22N4O2. The molecule has 1 saturated heterocycles. The summed E-state index contributed by atoms with van der Waals surface area (Å²) >= 11 is 0. The van der Waals surface area contributed by atoms with Crippen LogP contribution in [-0.2, 0) is 0 Å². The number of hydrogen-bond donors (Lipinski definition) is 1. The molecule has 1 aliphatic carbocycles. The number of nitrogens with zero attached hydrogens (tertiary/aromatic N) is 3. The molecule has 0 unspecified atom stereocenters. The average Bonchev–Trinajstić information content (AvgIpc) is 2.49. The zero-order chi connectivity index (χ0) is 14.9. The van der Waals surface area contributed by atoms with Crippen LogP contribution in [0.5, 0.6) is 0 Å². The number of nitrogens with one attached hydrogen (secondary N) is 1. The van der Waals surface area contributed by atoms with Crippen molar-refractivity contribution in [2.24, 2.45) is 0 Å². The minimum absolute atomic E-state index is 0.0732. The van der Waals surface area contributed by atoms with Gasteiger partial charge in [0.05, 0.1) is 10.5 Å². The molecule has 2 fully saturated rings. The van der Waals surface area contributed by atoms with Gasteiger partial charge in [-0.05, 0) is 25.3 Å². The Morgan fingerprint density at radius 2 is 2.14 bits per heavy atom. The van der Waals surface area contributed by atoms with Crippen molar-refractivity contribution in [3.8, 4) is 0 Å². The molecule has 6 heteroatoms. The van der Waals surface area contributed by atoms with Gasteiger partial charge in [0.25, 0.3) is 5.69 Å². The third-order valence-electron chi connectivity index (χ3n) is 4.83. The minimum atomic E-state index is -0.377. The number of rotatable bonds is 2. The van der Waals surface area contributed by atoms with E-state index in [1.165, 1.54) is 38.3 Å². The zero-order valence-corrected chi connectivity index (χ0v) is 12.5. The van der Waals surface area contributed by atoms with Gasteiger partial charge in [-0.2, -0.15) is 0 Å². The van der Waals surface area contributed by atoms with Crippen molar-refractivity contribution >= 4 is 11.5 Å². The van der Waals surface area contributed by atoms with Crippen molar-refractivity contribution in [1.82, 2.24) is 10.3 Å². The van der Waals surface area contributed by atoms with E-state index < -0.39 is 0 Å². The van der Waals surface area contributed by atoms with Crippen LogP contribution < -0.4 is 10.2 Å². The maximum atomic E-state index is 10.9. The molecule has 0 bridgehead atoms. The number of nitro groups is 1. The summed E-state index contributed by atoms with van der Waals surface area (Å²) in [6.07, 6.45) is 7.56. The molecule has 0 amide bonds. The van der Waals surface area contributed by atoms with Gasteiger partial charge < -0.3 is 10.2 Å². The second-order valence-electron chi connectivity index (χ2n) is 6.20. The van der Waals surface area contributed by atoms with Crippen LogP contribution in [0.1, 0.15) is 37.7 Å². The van der Waals surface area contributed by atoms with Crippen LogP contribution in [0.25, 0.3) is 0 Å². The Morgan fingerprint density at radius 1 is 1.38 bits per heavy atom. The average molecular weight is 290 g/mol. The van der Waals surface area contributed by atoms with E-state index in [1.807, 2.05) is 6.92 Å². The van der Waals surface area contributed by atoms with Gasteiger partial charge in [-0.25, -0.2) is 4.98 Å². The van der Waals surface area contributed by atoms with E-state index in [0.29, 0.717) is 0 Å². The molecule has 0 radical (unpaired) electrons. The molecule has 2 aliphatic rings. The van der Waals surface area contributed by atoms with Crippen LogP contribution in [0, 0.1) is 17.0 Å². The molecule has 1 aromatic heterocycles. The molecule has 1 saturated carbocycles. The number of anilines is 1. The predicted octanol–water partition coefficient (Wildman–Crippen LogP) is 2.41. The van der Waals surface area contributed by atoms with Crippen LogP contribution in [0.15, 0.2) is 12.3 Å². The number of pyridine rings is 1. The maximum Gasteiger partial charge on any atom is 0.287 e. The number of aryl methyl sites for hydroxylation is 1. The lowest BCUT2D eigenvalue weighted by Gasteiger charge is -2.50. The molecule has 3 rings (SSSR count). The zero-order valence-electron chi connectivity index (χ0n) is 12.5. The first-order valence-corrected chi connectivity index (χ1v) is 7.72. The summed E-state index contributed by atoms with van der Waals surface area (Å²) in [4.78, 5) is 17.3. The quantitative estimate of drug-likeness (QED) is 0.669. The molecule has 0 aromatic carbocycles. The number of piperazine rings is 1. The summed E-state index contributed by atoms with van der Waals surface area (Å²) in [5.41, 5.74) is 1.12. The second-order valence-corrected chi connectivity index (χ2v) is 6.20. The fourth-order valence-electron chi connectivity index (χ4n) is 3.77. The van der Waals surface area contributed by atoms with Gasteiger partial charge in [0.15, 0.2) is 0 Å². The Kier molecular flexibility index (Phi) is 3.80. The largest absolute Gasteiger partial charge is 0.348 e. The number of hydrogen-bond acceptors (Lipinski definition) is 5.